The van der Waals surface area contributed by atoms with E-state index >= 15 is 0 Å². The topological polar surface area (TPSA) is 67.9 Å². The summed E-state index contributed by atoms with van der Waals surface area (Å²) in [6, 6.07) is 12.6. The molecule has 0 fully saturated rings. The fourth-order valence-corrected chi connectivity index (χ4v) is 3.05. The van der Waals surface area contributed by atoms with Crippen LogP contribution in [0.15, 0.2) is 54.2 Å². The molecule has 3 rings (SSSR count). The van der Waals surface area contributed by atoms with Crippen molar-refractivity contribution in [2.45, 2.75) is 20.0 Å². The van der Waals surface area contributed by atoms with Gasteiger partial charge in [-0.2, -0.15) is 0 Å². The number of imide groups is 1. The molecule has 1 aliphatic rings. The van der Waals surface area contributed by atoms with Crippen LogP contribution in [-0.4, -0.2) is 43.1 Å². The van der Waals surface area contributed by atoms with E-state index in [0.29, 0.717) is 17.0 Å². The minimum Gasteiger partial charge on any atom is -0.496 e. The number of carbonyl (C=O) groups excluding carboxylic acids is 2. The van der Waals surface area contributed by atoms with Crippen LogP contribution in [0, 0.1) is 5.82 Å². The minimum absolute atomic E-state index is 0.0127. The molecule has 2 amide bonds. The van der Waals surface area contributed by atoms with Gasteiger partial charge in [0.25, 0.3) is 11.8 Å². The largest absolute Gasteiger partial charge is 0.496 e. The highest BCUT2D eigenvalue weighted by molar-refractivity contribution is 6.37. The molecule has 0 spiro atoms. The van der Waals surface area contributed by atoms with Crippen molar-refractivity contribution in [3.63, 3.8) is 0 Å². The van der Waals surface area contributed by atoms with Crippen LogP contribution < -0.4 is 10.1 Å². The molecule has 0 saturated heterocycles. The SMILES string of the molecule is COc1ccccc1C1=C(Nc2ccc(F)cc2)C(=O)N(CCOC(C)C)C1=O. The Labute approximate surface area is 168 Å². The van der Waals surface area contributed by atoms with Crippen LogP contribution in [-0.2, 0) is 14.3 Å². The van der Waals surface area contributed by atoms with E-state index in [2.05, 4.69) is 5.32 Å². The van der Waals surface area contributed by atoms with Crippen molar-refractivity contribution in [3.05, 3.63) is 65.6 Å². The summed E-state index contributed by atoms with van der Waals surface area (Å²) in [5.41, 5.74) is 1.33. The number of hydrogen-bond donors (Lipinski definition) is 1. The van der Waals surface area contributed by atoms with Crippen molar-refractivity contribution in [2.75, 3.05) is 25.6 Å². The Kier molecular flexibility index (Phi) is 6.29. The van der Waals surface area contributed by atoms with E-state index in [1.165, 1.54) is 31.4 Å². The average Bonchev–Trinajstić information content (AvgIpc) is 2.93. The molecule has 2 aromatic rings. The van der Waals surface area contributed by atoms with E-state index in [1.807, 2.05) is 13.8 Å². The molecule has 0 unspecified atom stereocenters. The molecule has 0 aromatic heterocycles. The van der Waals surface area contributed by atoms with Crippen LogP contribution in [0.25, 0.3) is 5.57 Å². The van der Waals surface area contributed by atoms with Crippen LogP contribution in [0.2, 0.25) is 0 Å². The first-order chi connectivity index (χ1) is 13.9. The Balaban J connectivity index is 2.00. The van der Waals surface area contributed by atoms with Gasteiger partial charge in [-0.15, -0.1) is 0 Å². The first kappa shape index (κ1) is 20.5. The van der Waals surface area contributed by atoms with Gasteiger partial charge in [0.05, 0.1) is 31.9 Å². The molecule has 0 saturated carbocycles. The molecular formula is C22H23FN2O4. The van der Waals surface area contributed by atoms with Crippen molar-refractivity contribution in [2.24, 2.45) is 0 Å². The zero-order chi connectivity index (χ0) is 21.0. The van der Waals surface area contributed by atoms with E-state index in [9.17, 15) is 14.0 Å². The van der Waals surface area contributed by atoms with Crippen molar-refractivity contribution in [1.82, 2.24) is 4.90 Å². The minimum atomic E-state index is -0.465. The standard InChI is InChI=1S/C22H23FN2O4/c1-14(2)29-13-12-25-21(26)19(17-6-4-5-7-18(17)28-3)20(22(25)27)24-16-10-8-15(23)9-11-16/h4-11,14,24H,12-13H2,1-3H3. The normalized spacial score (nSPS) is 14.2. The van der Waals surface area contributed by atoms with E-state index in [0.717, 1.165) is 4.90 Å². The summed E-state index contributed by atoms with van der Waals surface area (Å²) in [4.78, 5) is 27.4. The lowest BCUT2D eigenvalue weighted by molar-refractivity contribution is -0.137. The van der Waals surface area contributed by atoms with Gasteiger partial charge >= 0.3 is 0 Å². The highest BCUT2D eigenvalue weighted by atomic mass is 19.1. The number of hydrogen-bond acceptors (Lipinski definition) is 5. The summed E-state index contributed by atoms with van der Waals surface area (Å²) in [6.45, 7) is 4.13. The molecule has 0 radical (unpaired) electrons. The summed E-state index contributed by atoms with van der Waals surface area (Å²) < 4.78 is 24.1. The molecule has 1 N–H and O–H groups in total. The predicted octanol–water partition coefficient (Wildman–Crippen LogP) is 3.45. The number of nitrogens with zero attached hydrogens (tertiary/aromatic N) is 1. The molecule has 7 heteroatoms. The van der Waals surface area contributed by atoms with Crippen LogP contribution in [0.5, 0.6) is 5.75 Å². The number of benzene rings is 2. The summed E-state index contributed by atoms with van der Waals surface area (Å²) in [5.74, 6) is -0.817. The molecule has 152 valence electrons. The number of para-hydroxylation sites is 1. The highest BCUT2D eigenvalue weighted by Crippen LogP contribution is 2.35. The Morgan fingerprint density at radius 3 is 2.38 bits per heavy atom. The lowest BCUT2D eigenvalue weighted by Crippen LogP contribution is -2.35. The van der Waals surface area contributed by atoms with Crippen LogP contribution >= 0.6 is 0 Å². The van der Waals surface area contributed by atoms with Gasteiger partial charge in [-0.05, 0) is 44.2 Å². The smallest absolute Gasteiger partial charge is 0.278 e. The molecule has 29 heavy (non-hydrogen) atoms. The fourth-order valence-electron chi connectivity index (χ4n) is 3.05. The van der Waals surface area contributed by atoms with Gasteiger partial charge in [0.1, 0.15) is 17.3 Å². The van der Waals surface area contributed by atoms with Crippen molar-refractivity contribution < 1.29 is 23.5 Å². The van der Waals surface area contributed by atoms with Gasteiger partial charge in [-0.25, -0.2) is 4.39 Å². The Morgan fingerprint density at radius 1 is 1.03 bits per heavy atom. The third-order valence-corrected chi connectivity index (χ3v) is 4.42. The van der Waals surface area contributed by atoms with E-state index < -0.39 is 17.6 Å². The highest BCUT2D eigenvalue weighted by Gasteiger charge is 2.40. The van der Waals surface area contributed by atoms with Crippen molar-refractivity contribution in [1.29, 1.82) is 0 Å². The van der Waals surface area contributed by atoms with Gasteiger partial charge < -0.3 is 14.8 Å². The zero-order valence-corrected chi connectivity index (χ0v) is 16.6. The molecule has 0 atom stereocenters. The number of rotatable bonds is 8. The summed E-state index contributed by atoms with van der Waals surface area (Å²) >= 11 is 0. The molecule has 0 aliphatic carbocycles. The monoisotopic (exact) mass is 398 g/mol. The quantitative estimate of drug-likeness (QED) is 0.690. The summed E-state index contributed by atoms with van der Waals surface area (Å²) in [5, 5.41) is 2.98. The van der Waals surface area contributed by atoms with Crippen LogP contribution in [0.3, 0.4) is 0 Å². The van der Waals surface area contributed by atoms with Crippen molar-refractivity contribution in [3.8, 4) is 5.75 Å². The molecule has 0 bridgehead atoms. The number of carbonyl (C=O) groups is 2. The third kappa shape index (κ3) is 4.46. The molecule has 6 nitrogen and oxygen atoms in total. The maximum atomic E-state index is 13.2. The molecule has 2 aromatic carbocycles. The Bertz CT molecular complexity index is 938. The average molecular weight is 398 g/mol. The van der Waals surface area contributed by atoms with E-state index in [1.54, 1.807) is 24.3 Å². The second-order valence-electron chi connectivity index (χ2n) is 6.76. The number of ether oxygens (including phenoxy) is 2. The van der Waals surface area contributed by atoms with Gasteiger partial charge in [0, 0.05) is 11.3 Å². The number of methoxy groups -OCH3 is 1. The van der Waals surface area contributed by atoms with Gasteiger partial charge in [-0.1, -0.05) is 18.2 Å². The maximum Gasteiger partial charge on any atom is 0.278 e. The van der Waals surface area contributed by atoms with E-state index in [4.69, 9.17) is 9.47 Å². The van der Waals surface area contributed by atoms with E-state index in [-0.39, 0.29) is 30.5 Å². The maximum absolute atomic E-state index is 13.2. The number of anilines is 1. The zero-order valence-electron chi connectivity index (χ0n) is 16.6. The van der Waals surface area contributed by atoms with Crippen molar-refractivity contribution >= 4 is 23.1 Å². The molecule has 1 heterocycles. The third-order valence-electron chi connectivity index (χ3n) is 4.42. The molecule has 1 aliphatic heterocycles. The lowest BCUT2D eigenvalue weighted by Gasteiger charge is -2.16. The lowest BCUT2D eigenvalue weighted by atomic mass is 10.0. The second kappa shape index (κ2) is 8.87. The Hall–Kier alpha value is -3.19. The summed E-state index contributed by atoms with van der Waals surface area (Å²) in [6.07, 6.45) is -0.0127. The van der Waals surface area contributed by atoms with Crippen LogP contribution in [0.4, 0.5) is 10.1 Å². The second-order valence-corrected chi connectivity index (χ2v) is 6.76. The van der Waals surface area contributed by atoms with Gasteiger partial charge in [0.15, 0.2) is 0 Å². The first-order valence-electron chi connectivity index (χ1n) is 9.30. The number of amides is 2. The summed E-state index contributed by atoms with van der Waals surface area (Å²) in [7, 11) is 1.50. The number of halogens is 1. The first-order valence-corrected chi connectivity index (χ1v) is 9.30. The predicted molar refractivity (Wildman–Crippen MR) is 108 cm³/mol. The molecular weight excluding hydrogens is 375 g/mol. The number of nitrogens with one attached hydrogen (secondary N) is 1. The Morgan fingerprint density at radius 2 is 1.72 bits per heavy atom. The van der Waals surface area contributed by atoms with Gasteiger partial charge in [0.2, 0.25) is 0 Å². The van der Waals surface area contributed by atoms with Gasteiger partial charge in [-0.3, -0.25) is 14.5 Å². The fraction of sp³-hybridized carbons (Fsp3) is 0.273. The van der Waals surface area contributed by atoms with Crippen LogP contribution in [0.1, 0.15) is 19.4 Å².